The second-order valence-corrected chi connectivity index (χ2v) is 3.98. The van der Waals surface area contributed by atoms with Crippen LogP contribution in [0.25, 0.3) is 5.57 Å². The van der Waals surface area contributed by atoms with E-state index in [1.165, 1.54) is 0 Å². The average molecular weight is 217 g/mol. The van der Waals surface area contributed by atoms with Crippen LogP contribution in [0.2, 0.25) is 0 Å². The Labute approximate surface area is 95.1 Å². The highest BCUT2D eigenvalue weighted by Crippen LogP contribution is 2.34. The van der Waals surface area contributed by atoms with E-state index in [9.17, 15) is 4.79 Å². The number of allylic oxidation sites excluding steroid dienone is 1. The van der Waals surface area contributed by atoms with E-state index in [4.69, 9.17) is 4.74 Å². The maximum Gasteiger partial charge on any atom is 0.166 e. The fourth-order valence-corrected chi connectivity index (χ4v) is 1.92. The zero-order chi connectivity index (χ0) is 11.7. The number of hydrogen-bond donors (Lipinski definition) is 1. The molecule has 0 fully saturated rings. The molecule has 3 heteroatoms. The molecular weight excluding hydrogens is 202 g/mol. The molecule has 0 saturated heterocycles. The van der Waals surface area contributed by atoms with Crippen LogP contribution in [0.4, 0.5) is 5.69 Å². The summed E-state index contributed by atoms with van der Waals surface area (Å²) in [6.07, 6.45) is 0.537. The third-order valence-corrected chi connectivity index (χ3v) is 2.76. The van der Waals surface area contributed by atoms with Crippen LogP contribution in [-0.2, 0) is 0 Å². The number of Topliss-reactive ketones (excluding diaryl/α,β-unsaturated/α-hetero) is 1. The summed E-state index contributed by atoms with van der Waals surface area (Å²) < 4.78 is 5.20. The van der Waals surface area contributed by atoms with Crippen LogP contribution in [-0.4, -0.2) is 19.4 Å². The molecule has 1 aliphatic heterocycles. The van der Waals surface area contributed by atoms with E-state index in [-0.39, 0.29) is 5.78 Å². The second kappa shape index (κ2) is 4.00. The molecule has 3 nitrogen and oxygen atoms in total. The first-order chi connectivity index (χ1) is 7.63. The lowest BCUT2D eigenvalue weighted by molar-refractivity contribution is 0.0983. The quantitative estimate of drug-likeness (QED) is 0.827. The molecule has 0 radical (unpaired) electrons. The molecule has 16 heavy (non-hydrogen) atoms. The van der Waals surface area contributed by atoms with E-state index in [0.29, 0.717) is 24.3 Å². The fourth-order valence-electron chi connectivity index (χ4n) is 1.92. The standard InChI is InChI=1S/C13H15NO2/c1-8(2)10-6-9(16-3)7-11-12(15)4-5-14-13(10)11/h6-7,14H,1,4-5H2,2-3H3. The van der Waals surface area contributed by atoms with Crippen molar-refractivity contribution in [2.45, 2.75) is 13.3 Å². The van der Waals surface area contributed by atoms with Gasteiger partial charge >= 0.3 is 0 Å². The van der Waals surface area contributed by atoms with Gasteiger partial charge in [0.05, 0.1) is 12.8 Å². The highest BCUT2D eigenvalue weighted by Gasteiger charge is 2.21. The largest absolute Gasteiger partial charge is 0.497 e. The summed E-state index contributed by atoms with van der Waals surface area (Å²) in [5.41, 5.74) is 3.49. The van der Waals surface area contributed by atoms with Gasteiger partial charge in [0.1, 0.15) is 5.75 Å². The van der Waals surface area contributed by atoms with Crippen molar-refractivity contribution in [2.75, 3.05) is 19.0 Å². The lowest BCUT2D eigenvalue weighted by atomic mass is 9.95. The van der Waals surface area contributed by atoms with Crippen molar-refractivity contribution in [3.63, 3.8) is 0 Å². The van der Waals surface area contributed by atoms with Gasteiger partial charge in [-0.15, -0.1) is 0 Å². The molecule has 0 unspecified atom stereocenters. The Balaban J connectivity index is 2.65. The number of ketones is 1. The van der Waals surface area contributed by atoms with Crippen LogP contribution < -0.4 is 10.1 Å². The van der Waals surface area contributed by atoms with E-state index in [1.807, 2.05) is 13.0 Å². The van der Waals surface area contributed by atoms with Crippen LogP contribution >= 0.6 is 0 Å². The molecule has 0 saturated carbocycles. The van der Waals surface area contributed by atoms with Crippen LogP contribution in [0.1, 0.15) is 29.3 Å². The first-order valence-corrected chi connectivity index (χ1v) is 5.28. The van der Waals surface area contributed by atoms with Gasteiger partial charge in [-0.05, 0) is 24.6 Å². The normalized spacial score (nSPS) is 14.0. The van der Waals surface area contributed by atoms with E-state index < -0.39 is 0 Å². The molecule has 0 amide bonds. The van der Waals surface area contributed by atoms with E-state index in [1.54, 1.807) is 13.2 Å². The minimum atomic E-state index is 0.162. The summed E-state index contributed by atoms with van der Waals surface area (Å²) >= 11 is 0. The van der Waals surface area contributed by atoms with Gasteiger partial charge in [0.15, 0.2) is 5.78 Å². The highest BCUT2D eigenvalue weighted by molar-refractivity contribution is 6.05. The SMILES string of the molecule is C=C(C)c1cc(OC)cc2c1NCCC2=O. The number of rotatable bonds is 2. The molecule has 1 N–H and O–H groups in total. The van der Waals surface area contributed by atoms with Crippen molar-refractivity contribution in [3.05, 3.63) is 29.8 Å². The molecule has 0 spiro atoms. The van der Waals surface area contributed by atoms with E-state index in [0.717, 1.165) is 16.8 Å². The predicted octanol–water partition coefficient (Wildman–Crippen LogP) is 2.73. The summed E-state index contributed by atoms with van der Waals surface area (Å²) in [4.78, 5) is 11.8. The monoisotopic (exact) mass is 217 g/mol. The summed E-state index contributed by atoms with van der Waals surface area (Å²) in [5.74, 6) is 0.865. The maximum absolute atomic E-state index is 11.8. The van der Waals surface area contributed by atoms with Crippen molar-refractivity contribution in [2.24, 2.45) is 0 Å². The summed E-state index contributed by atoms with van der Waals surface area (Å²) in [6.45, 7) is 6.55. The Morgan fingerprint density at radius 2 is 2.25 bits per heavy atom. The van der Waals surface area contributed by atoms with Crippen LogP contribution in [0.15, 0.2) is 18.7 Å². The summed E-state index contributed by atoms with van der Waals surface area (Å²) in [5, 5.41) is 3.26. The van der Waals surface area contributed by atoms with Gasteiger partial charge in [-0.25, -0.2) is 0 Å². The van der Waals surface area contributed by atoms with Gasteiger partial charge in [-0.1, -0.05) is 6.58 Å². The van der Waals surface area contributed by atoms with Crippen molar-refractivity contribution < 1.29 is 9.53 Å². The summed E-state index contributed by atoms with van der Waals surface area (Å²) in [7, 11) is 1.60. The number of carbonyl (C=O) groups excluding carboxylic acids is 1. The molecule has 1 aromatic carbocycles. The lowest BCUT2D eigenvalue weighted by Gasteiger charge is -2.21. The molecule has 1 heterocycles. The molecule has 0 bridgehead atoms. The minimum absolute atomic E-state index is 0.162. The van der Waals surface area contributed by atoms with Gasteiger partial charge in [0.2, 0.25) is 0 Å². The third-order valence-electron chi connectivity index (χ3n) is 2.76. The fraction of sp³-hybridized carbons (Fsp3) is 0.308. The second-order valence-electron chi connectivity index (χ2n) is 3.98. The van der Waals surface area contributed by atoms with Gasteiger partial charge in [-0.2, -0.15) is 0 Å². The van der Waals surface area contributed by atoms with Gasteiger partial charge in [0, 0.05) is 24.1 Å². The van der Waals surface area contributed by atoms with Gasteiger partial charge in [0.25, 0.3) is 0 Å². The minimum Gasteiger partial charge on any atom is -0.497 e. The Bertz CT molecular complexity index is 446. The number of fused-ring (bicyclic) bond motifs is 1. The number of ether oxygens (including phenoxy) is 1. The molecule has 84 valence electrons. The molecule has 0 aromatic heterocycles. The Morgan fingerprint density at radius 1 is 1.50 bits per heavy atom. The number of methoxy groups -OCH3 is 1. The topological polar surface area (TPSA) is 38.3 Å². The zero-order valence-electron chi connectivity index (χ0n) is 9.59. The number of carbonyl (C=O) groups is 1. The summed E-state index contributed by atoms with van der Waals surface area (Å²) in [6, 6.07) is 3.70. The van der Waals surface area contributed by atoms with Crippen molar-refractivity contribution in [3.8, 4) is 5.75 Å². The number of benzene rings is 1. The van der Waals surface area contributed by atoms with Crippen LogP contribution in [0.5, 0.6) is 5.75 Å². The lowest BCUT2D eigenvalue weighted by Crippen LogP contribution is -2.19. The average Bonchev–Trinajstić information content (AvgIpc) is 2.28. The first-order valence-electron chi connectivity index (χ1n) is 5.28. The van der Waals surface area contributed by atoms with Gasteiger partial charge in [-0.3, -0.25) is 4.79 Å². The molecule has 1 aromatic rings. The van der Waals surface area contributed by atoms with Crippen LogP contribution in [0.3, 0.4) is 0 Å². The third kappa shape index (κ3) is 1.69. The molecule has 2 rings (SSSR count). The number of anilines is 1. The molecule has 0 atom stereocenters. The van der Waals surface area contributed by atoms with Crippen molar-refractivity contribution in [1.29, 1.82) is 0 Å². The smallest absolute Gasteiger partial charge is 0.166 e. The predicted molar refractivity (Wildman–Crippen MR) is 65.1 cm³/mol. The number of hydrogen-bond acceptors (Lipinski definition) is 3. The number of nitrogens with one attached hydrogen (secondary N) is 1. The first kappa shape index (κ1) is 10.7. The van der Waals surface area contributed by atoms with Crippen molar-refractivity contribution in [1.82, 2.24) is 0 Å². The maximum atomic E-state index is 11.8. The van der Waals surface area contributed by atoms with Crippen molar-refractivity contribution >= 4 is 17.0 Å². The zero-order valence-corrected chi connectivity index (χ0v) is 9.59. The Kier molecular flexibility index (Phi) is 2.69. The Morgan fingerprint density at radius 3 is 2.88 bits per heavy atom. The van der Waals surface area contributed by atoms with Crippen LogP contribution in [0, 0.1) is 0 Å². The molecular formula is C13H15NO2. The van der Waals surface area contributed by atoms with E-state index >= 15 is 0 Å². The Hall–Kier alpha value is -1.77. The van der Waals surface area contributed by atoms with Gasteiger partial charge < -0.3 is 10.1 Å². The molecule has 1 aliphatic rings. The highest BCUT2D eigenvalue weighted by atomic mass is 16.5. The molecule has 0 aliphatic carbocycles. The van der Waals surface area contributed by atoms with E-state index in [2.05, 4.69) is 11.9 Å².